The van der Waals surface area contributed by atoms with Crippen LogP contribution in [0, 0.1) is 0 Å². The van der Waals surface area contributed by atoms with E-state index in [0.717, 1.165) is 16.5 Å². The molecule has 0 aliphatic carbocycles. The molecule has 0 radical (unpaired) electrons. The first-order valence-corrected chi connectivity index (χ1v) is 5.39. The summed E-state index contributed by atoms with van der Waals surface area (Å²) in [6, 6.07) is 5.53. The fraction of sp³-hybridized carbons (Fsp3) is 0.273. The number of fused-ring (bicyclic) bond motifs is 1. The fourth-order valence-corrected chi connectivity index (χ4v) is 2.33. The lowest BCUT2D eigenvalue weighted by molar-refractivity contribution is 0.201. The molecule has 0 bridgehead atoms. The Hall–Kier alpha value is -0.700. The molecule has 2 rings (SSSR count). The van der Waals surface area contributed by atoms with Crippen LogP contribution in [0.3, 0.4) is 0 Å². The van der Waals surface area contributed by atoms with Gasteiger partial charge in [-0.15, -0.1) is 0 Å². The summed E-state index contributed by atoms with van der Waals surface area (Å²) in [5.41, 5.74) is 1.71. The van der Waals surface area contributed by atoms with Crippen molar-refractivity contribution in [3.05, 3.63) is 33.9 Å². The molecule has 0 aliphatic heterocycles. The lowest BCUT2D eigenvalue weighted by atomic mass is 10.1. The van der Waals surface area contributed by atoms with E-state index >= 15 is 0 Å². The monoisotopic (exact) mass is 243 g/mol. The first-order chi connectivity index (χ1) is 7.02. The number of aryl methyl sites for hydroxylation is 1. The number of aliphatic hydroxyl groups excluding tert-OH is 1. The van der Waals surface area contributed by atoms with E-state index in [0.29, 0.717) is 10.2 Å². The summed E-state index contributed by atoms with van der Waals surface area (Å²) in [4.78, 5) is 0. The zero-order valence-electron chi connectivity index (χ0n) is 8.46. The Morgan fingerprint density at radius 2 is 2.00 bits per heavy atom. The number of halogens is 2. The molecule has 1 heterocycles. The van der Waals surface area contributed by atoms with E-state index in [1.54, 1.807) is 6.92 Å². The van der Waals surface area contributed by atoms with Gasteiger partial charge in [0.2, 0.25) is 0 Å². The third-order valence-corrected chi connectivity index (χ3v) is 3.24. The van der Waals surface area contributed by atoms with Crippen molar-refractivity contribution in [3.63, 3.8) is 0 Å². The average Bonchev–Trinajstić information content (AvgIpc) is 2.39. The quantitative estimate of drug-likeness (QED) is 0.815. The van der Waals surface area contributed by atoms with Gasteiger partial charge in [0.15, 0.2) is 0 Å². The molecule has 0 aliphatic rings. The van der Waals surface area contributed by atoms with Gasteiger partial charge in [-0.1, -0.05) is 23.2 Å². The van der Waals surface area contributed by atoms with E-state index in [9.17, 15) is 5.11 Å². The number of hydrogen-bond donors (Lipinski definition) is 1. The third kappa shape index (κ3) is 1.63. The smallest absolute Gasteiger partial charge is 0.115 e. The zero-order chi connectivity index (χ0) is 11.2. The normalized spacial score (nSPS) is 13.4. The Labute approximate surface area is 98.0 Å². The highest BCUT2D eigenvalue weighted by Crippen LogP contribution is 2.34. The molecule has 1 N–H and O–H groups in total. The van der Waals surface area contributed by atoms with Gasteiger partial charge in [0.05, 0.1) is 6.10 Å². The first-order valence-electron chi connectivity index (χ1n) is 4.63. The molecule has 2 aromatic rings. The van der Waals surface area contributed by atoms with Gasteiger partial charge in [0, 0.05) is 28.5 Å². The number of rotatable bonds is 1. The highest BCUT2D eigenvalue weighted by atomic mass is 35.5. The lowest BCUT2D eigenvalue weighted by Crippen LogP contribution is -1.91. The van der Waals surface area contributed by atoms with Crippen molar-refractivity contribution in [2.24, 2.45) is 7.05 Å². The Morgan fingerprint density at radius 3 is 2.60 bits per heavy atom. The summed E-state index contributed by atoms with van der Waals surface area (Å²) in [6.07, 6.45) is -0.598. The average molecular weight is 244 g/mol. The molecule has 80 valence electrons. The number of aromatic nitrogens is 1. The maximum atomic E-state index is 9.67. The van der Waals surface area contributed by atoms with Gasteiger partial charge in [0.1, 0.15) is 5.15 Å². The molecule has 1 aromatic heterocycles. The summed E-state index contributed by atoms with van der Waals surface area (Å²) >= 11 is 12.1. The molecule has 0 saturated carbocycles. The third-order valence-electron chi connectivity index (χ3n) is 2.54. The van der Waals surface area contributed by atoms with Gasteiger partial charge in [-0.2, -0.15) is 0 Å². The van der Waals surface area contributed by atoms with Gasteiger partial charge >= 0.3 is 0 Å². The van der Waals surface area contributed by atoms with Crippen LogP contribution >= 0.6 is 23.2 Å². The molecule has 1 aromatic carbocycles. The maximum absolute atomic E-state index is 9.67. The van der Waals surface area contributed by atoms with Crippen LogP contribution in [-0.4, -0.2) is 9.67 Å². The molecule has 0 amide bonds. The number of nitrogens with zero attached hydrogens (tertiary/aromatic N) is 1. The number of aliphatic hydroxyl groups is 1. The maximum Gasteiger partial charge on any atom is 0.115 e. The zero-order valence-corrected chi connectivity index (χ0v) is 9.97. The molecule has 1 atom stereocenters. The van der Waals surface area contributed by atoms with Gasteiger partial charge in [-0.3, -0.25) is 0 Å². The second kappa shape index (κ2) is 3.71. The van der Waals surface area contributed by atoms with Crippen molar-refractivity contribution in [2.45, 2.75) is 13.0 Å². The van der Waals surface area contributed by atoms with Crippen LogP contribution < -0.4 is 0 Å². The van der Waals surface area contributed by atoms with Crippen molar-refractivity contribution in [3.8, 4) is 0 Å². The van der Waals surface area contributed by atoms with Crippen LogP contribution in [0.1, 0.15) is 18.6 Å². The lowest BCUT2D eigenvalue weighted by Gasteiger charge is -2.03. The predicted molar refractivity (Wildman–Crippen MR) is 63.6 cm³/mol. The first kappa shape index (κ1) is 10.8. The SMILES string of the molecule is CC(O)c1c(Cl)n(C)c2ccc(Cl)cc12. The summed E-state index contributed by atoms with van der Waals surface area (Å²) < 4.78 is 1.84. The molecule has 0 fully saturated rings. The van der Waals surface area contributed by atoms with Crippen LogP contribution in [0.2, 0.25) is 10.2 Å². The van der Waals surface area contributed by atoms with Crippen molar-refractivity contribution >= 4 is 34.1 Å². The minimum absolute atomic E-state index is 0.558. The van der Waals surface area contributed by atoms with E-state index in [2.05, 4.69) is 0 Å². The fourth-order valence-electron chi connectivity index (χ4n) is 1.81. The second-order valence-electron chi connectivity index (χ2n) is 3.60. The van der Waals surface area contributed by atoms with Gasteiger partial charge in [-0.25, -0.2) is 0 Å². The Balaban J connectivity index is 2.88. The van der Waals surface area contributed by atoms with Crippen LogP contribution in [0.15, 0.2) is 18.2 Å². The van der Waals surface area contributed by atoms with Crippen molar-refractivity contribution in [2.75, 3.05) is 0 Å². The molecule has 0 saturated heterocycles. The van der Waals surface area contributed by atoms with E-state index in [1.807, 2.05) is 29.8 Å². The molecular formula is C11H11Cl2NO. The van der Waals surface area contributed by atoms with Crippen molar-refractivity contribution in [1.29, 1.82) is 0 Å². The standard InChI is InChI=1S/C11H11Cl2NO/c1-6(15)10-8-5-7(12)3-4-9(8)14(2)11(10)13/h3-6,15H,1-2H3. The van der Waals surface area contributed by atoms with Crippen LogP contribution in [0.25, 0.3) is 10.9 Å². The highest BCUT2D eigenvalue weighted by molar-refractivity contribution is 6.33. The molecule has 15 heavy (non-hydrogen) atoms. The summed E-state index contributed by atoms with van der Waals surface area (Å²) in [5, 5.41) is 11.8. The topological polar surface area (TPSA) is 25.2 Å². The predicted octanol–water partition coefficient (Wildman–Crippen LogP) is 3.54. The van der Waals surface area contributed by atoms with Crippen LogP contribution in [0.4, 0.5) is 0 Å². The van der Waals surface area contributed by atoms with Gasteiger partial charge < -0.3 is 9.67 Å². The van der Waals surface area contributed by atoms with Crippen LogP contribution in [0.5, 0.6) is 0 Å². The molecular weight excluding hydrogens is 233 g/mol. The Morgan fingerprint density at radius 1 is 1.33 bits per heavy atom. The molecule has 2 nitrogen and oxygen atoms in total. The number of benzene rings is 1. The van der Waals surface area contributed by atoms with E-state index in [-0.39, 0.29) is 0 Å². The summed E-state index contributed by atoms with van der Waals surface area (Å²) in [6.45, 7) is 1.70. The molecule has 1 unspecified atom stereocenters. The van der Waals surface area contributed by atoms with Crippen molar-refractivity contribution in [1.82, 2.24) is 4.57 Å². The number of hydrogen-bond acceptors (Lipinski definition) is 1. The minimum Gasteiger partial charge on any atom is -0.389 e. The van der Waals surface area contributed by atoms with Gasteiger partial charge in [0.25, 0.3) is 0 Å². The second-order valence-corrected chi connectivity index (χ2v) is 4.40. The van der Waals surface area contributed by atoms with E-state index < -0.39 is 6.10 Å². The Kier molecular flexibility index (Phi) is 2.67. The van der Waals surface area contributed by atoms with E-state index in [4.69, 9.17) is 23.2 Å². The van der Waals surface area contributed by atoms with Gasteiger partial charge in [-0.05, 0) is 25.1 Å². The molecule has 4 heteroatoms. The minimum atomic E-state index is -0.598. The Bertz CT molecular complexity index is 517. The summed E-state index contributed by atoms with van der Waals surface area (Å²) in [7, 11) is 1.87. The van der Waals surface area contributed by atoms with Crippen molar-refractivity contribution < 1.29 is 5.11 Å². The van der Waals surface area contributed by atoms with E-state index in [1.165, 1.54) is 0 Å². The summed E-state index contributed by atoms with van der Waals surface area (Å²) in [5.74, 6) is 0. The van der Waals surface area contributed by atoms with Crippen LogP contribution in [-0.2, 0) is 7.05 Å². The highest BCUT2D eigenvalue weighted by Gasteiger charge is 2.17. The largest absolute Gasteiger partial charge is 0.389 e. The molecule has 0 spiro atoms.